The van der Waals surface area contributed by atoms with E-state index in [0.29, 0.717) is 68.4 Å². The number of hydrogen-bond donors (Lipinski definition) is 1. The zero-order chi connectivity index (χ0) is 29.2. The lowest BCUT2D eigenvalue weighted by Crippen LogP contribution is -2.60. The molecule has 0 saturated carbocycles. The monoisotopic (exact) mass is 622 g/mol. The number of piperazine rings is 1. The number of amides is 3. The predicted octanol–water partition coefficient (Wildman–Crippen LogP) is 3.78. The van der Waals surface area contributed by atoms with Crippen molar-refractivity contribution in [1.29, 1.82) is 0 Å². The van der Waals surface area contributed by atoms with Crippen LogP contribution in [0.5, 0.6) is 0 Å². The highest BCUT2D eigenvalue weighted by Gasteiger charge is 2.45. The summed E-state index contributed by atoms with van der Waals surface area (Å²) in [5.41, 5.74) is 0.445. The van der Waals surface area contributed by atoms with Crippen LogP contribution in [0.1, 0.15) is 65.4 Å². The molecule has 0 radical (unpaired) electrons. The molecule has 0 spiro atoms. The van der Waals surface area contributed by atoms with E-state index in [-0.39, 0.29) is 46.8 Å². The summed E-state index contributed by atoms with van der Waals surface area (Å²) in [7, 11) is 0. The first-order valence-electron chi connectivity index (χ1n) is 14.5. The Hall–Kier alpha value is -2.04. The highest BCUT2D eigenvalue weighted by Crippen LogP contribution is 2.39. The maximum Gasteiger partial charge on any atom is 0.245 e. The van der Waals surface area contributed by atoms with Gasteiger partial charge in [0.1, 0.15) is 11.9 Å². The average molecular weight is 624 g/mol. The first-order chi connectivity index (χ1) is 18.8. The Morgan fingerprint density at radius 3 is 2.42 bits per heavy atom. The van der Waals surface area contributed by atoms with Crippen LogP contribution in [0.2, 0.25) is 0 Å². The summed E-state index contributed by atoms with van der Waals surface area (Å²) < 4.78 is 21.4. The number of carbonyl (C=O) groups excluding carboxylic acids is 3. The molecule has 10 heteroatoms. The molecule has 3 heterocycles. The van der Waals surface area contributed by atoms with Crippen molar-refractivity contribution in [1.82, 2.24) is 20.0 Å². The molecule has 4 rings (SSSR count). The first-order valence-corrected chi connectivity index (χ1v) is 15.3. The van der Waals surface area contributed by atoms with Crippen LogP contribution in [0.15, 0.2) is 22.7 Å². The number of hydrogen-bond acceptors (Lipinski definition) is 5. The third-order valence-electron chi connectivity index (χ3n) is 8.45. The summed E-state index contributed by atoms with van der Waals surface area (Å²) in [4.78, 5) is 45.4. The van der Waals surface area contributed by atoms with Crippen LogP contribution in [0.3, 0.4) is 0 Å². The molecule has 0 bridgehead atoms. The predicted molar refractivity (Wildman–Crippen MR) is 155 cm³/mol. The minimum atomic E-state index is -0.598. The van der Waals surface area contributed by atoms with Gasteiger partial charge in [0.05, 0.1) is 5.92 Å². The molecule has 8 nitrogen and oxygen atoms in total. The van der Waals surface area contributed by atoms with Gasteiger partial charge in [-0.3, -0.25) is 19.3 Å². The van der Waals surface area contributed by atoms with Crippen molar-refractivity contribution < 1.29 is 23.5 Å². The van der Waals surface area contributed by atoms with Crippen molar-refractivity contribution >= 4 is 33.7 Å². The molecule has 4 atom stereocenters. The number of nitrogens with zero attached hydrogens (tertiary/aromatic N) is 3. The second-order valence-electron chi connectivity index (χ2n) is 12.9. The highest BCUT2D eigenvalue weighted by molar-refractivity contribution is 9.10. The maximum atomic E-state index is 15.2. The van der Waals surface area contributed by atoms with Crippen LogP contribution < -0.4 is 5.32 Å². The summed E-state index contributed by atoms with van der Waals surface area (Å²) in [6, 6.07) is 4.66. The minimum absolute atomic E-state index is 0.0228. The molecule has 3 fully saturated rings. The van der Waals surface area contributed by atoms with Crippen molar-refractivity contribution in [3.8, 4) is 0 Å². The number of rotatable bonds is 6. The molecule has 2 unspecified atom stereocenters. The quantitative estimate of drug-likeness (QED) is 0.522. The maximum absolute atomic E-state index is 15.2. The van der Waals surface area contributed by atoms with Crippen LogP contribution in [0.4, 0.5) is 4.39 Å². The standard InChI is InChI=1S/C30H44BrFN4O4/c1-19-16-34(29(39)27(33-20(2)37)15-30(3,4)5)10-11-36(19)28(38)25-18-35(22-8-12-40-13-9-22)17-24(25)23-7-6-21(31)14-26(23)32/h6-7,14,19,22,24-25,27H,8-13,15-18H2,1-5H3,(H,33,37)/t19-,24?,25?,27-/m0/s1. The SMILES string of the molecule is CC(=O)N[C@@H](CC(C)(C)C)C(=O)N1CCN(C(=O)C2CN(C3CCOCC3)CC2c2ccc(Br)cc2F)[C@@H](C)C1. The molecule has 1 N–H and O–H groups in total. The fraction of sp³-hybridized carbons (Fsp3) is 0.700. The summed E-state index contributed by atoms with van der Waals surface area (Å²) >= 11 is 3.36. The molecule has 3 saturated heterocycles. The van der Waals surface area contributed by atoms with Gasteiger partial charge in [-0.1, -0.05) is 42.8 Å². The van der Waals surface area contributed by atoms with Crippen molar-refractivity contribution in [2.24, 2.45) is 11.3 Å². The van der Waals surface area contributed by atoms with E-state index < -0.39 is 6.04 Å². The Morgan fingerprint density at radius 2 is 1.82 bits per heavy atom. The van der Waals surface area contributed by atoms with Gasteiger partial charge in [0, 0.05) is 75.3 Å². The number of nitrogens with one attached hydrogen (secondary N) is 1. The van der Waals surface area contributed by atoms with E-state index in [0.717, 1.165) is 12.8 Å². The third-order valence-corrected chi connectivity index (χ3v) is 8.94. The van der Waals surface area contributed by atoms with E-state index in [1.807, 2.05) is 38.7 Å². The molecule has 3 aliphatic heterocycles. The van der Waals surface area contributed by atoms with Gasteiger partial charge in [0.2, 0.25) is 17.7 Å². The van der Waals surface area contributed by atoms with E-state index in [4.69, 9.17) is 4.74 Å². The van der Waals surface area contributed by atoms with Gasteiger partial charge in [-0.25, -0.2) is 4.39 Å². The van der Waals surface area contributed by atoms with E-state index >= 15 is 4.39 Å². The zero-order valence-electron chi connectivity index (χ0n) is 24.4. The van der Waals surface area contributed by atoms with Gasteiger partial charge in [0.25, 0.3) is 0 Å². The normalized spacial score (nSPS) is 25.6. The van der Waals surface area contributed by atoms with Gasteiger partial charge in [0.15, 0.2) is 0 Å². The molecule has 0 aliphatic carbocycles. The molecular formula is C30H44BrFN4O4. The molecule has 0 aromatic heterocycles. The number of halogens is 2. The minimum Gasteiger partial charge on any atom is -0.381 e. The Balaban J connectivity index is 1.50. The van der Waals surface area contributed by atoms with Crippen LogP contribution in [0.25, 0.3) is 0 Å². The number of benzene rings is 1. The summed E-state index contributed by atoms with van der Waals surface area (Å²) in [6.45, 7) is 13.4. The lowest BCUT2D eigenvalue weighted by molar-refractivity contribution is -0.147. The van der Waals surface area contributed by atoms with E-state index in [2.05, 4.69) is 26.1 Å². The first kappa shape index (κ1) is 30.9. The average Bonchev–Trinajstić information content (AvgIpc) is 3.32. The smallest absolute Gasteiger partial charge is 0.245 e. The topological polar surface area (TPSA) is 82.2 Å². The van der Waals surface area contributed by atoms with Crippen LogP contribution >= 0.6 is 15.9 Å². The molecule has 1 aromatic carbocycles. The van der Waals surface area contributed by atoms with Gasteiger partial charge >= 0.3 is 0 Å². The fourth-order valence-electron chi connectivity index (χ4n) is 6.53. The zero-order valence-corrected chi connectivity index (χ0v) is 26.0. The molecule has 3 aliphatic rings. The second kappa shape index (κ2) is 12.9. The molecule has 3 amide bonds. The van der Waals surface area contributed by atoms with Crippen molar-refractivity contribution in [3.05, 3.63) is 34.1 Å². The molecular weight excluding hydrogens is 579 g/mol. The Kier molecular flexibility index (Phi) is 9.94. The van der Waals surface area contributed by atoms with Gasteiger partial charge < -0.3 is 19.9 Å². The number of likely N-dealkylation sites (tertiary alicyclic amines) is 1. The Labute approximate surface area is 246 Å². The van der Waals surface area contributed by atoms with E-state index in [1.165, 1.54) is 13.0 Å². The summed E-state index contributed by atoms with van der Waals surface area (Å²) in [5, 5.41) is 2.83. The van der Waals surface area contributed by atoms with Gasteiger partial charge in [-0.2, -0.15) is 0 Å². The van der Waals surface area contributed by atoms with Crippen LogP contribution in [0, 0.1) is 17.2 Å². The lowest BCUT2D eigenvalue weighted by Gasteiger charge is -2.43. The van der Waals surface area contributed by atoms with E-state index in [9.17, 15) is 14.4 Å². The van der Waals surface area contributed by atoms with Crippen molar-refractivity contribution in [2.45, 2.75) is 77.9 Å². The molecule has 40 heavy (non-hydrogen) atoms. The molecule has 222 valence electrons. The summed E-state index contributed by atoms with van der Waals surface area (Å²) in [5.74, 6) is -1.22. The Bertz CT molecular complexity index is 1090. The van der Waals surface area contributed by atoms with Gasteiger partial charge in [-0.05, 0) is 49.3 Å². The largest absolute Gasteiger partial charge is 0.381 e. The Morgan fingerprint density at radius 1 is 1.12 bits per heavy atom. The highest BCUT2D eigenvalue weighted by atomic mass is 79.9. The number of carbonyl (C=O) groups is 3. The fourth-order valence-corrected chi connectivity index (χ4v) is 6.86. The van der Waals surface area contributed by atoms with Gasteiger partial charge in [-0.15, -0.1) is 0 Å². The lowest BCUT2D eigenvalue weighted by atomic mass is 9.86. The van der Waals surface area contributed by atoms with Crippen molar-refractivity contribution in [2.75, 3.05) is 45.9 Å². The van der Waals surface area contributed by atoms with E-state index in [1.54, 1.807) is 11.0 Å². The van der Waals surface area contributed by atoms with Crippen LogP contribution in [-0.4, -0.2) is 96.5 Å². The van der Waals surface area contributed by atoms with Crippen LogP contribution in [-0.2, 0) is 19.1 Å². The summed E-state index contributed by atoms with van der Waals surface area (Å²) in [6.07, 6.45) is 2.36. The molecule has 1 aromatic rings. The third kappa shape index (κ3) is 7.42. The number of ether oxygens (including phenoxy) is 1. The second-order valence-corrected chi connectivity index (χ2v) is 13.8. The van der Waals surface area contributed by atoms with Crippen molar-refractivity contribution in [3.63, 3.8) is 0 Å².